The summed E-state index contributed by atoms with van der Waals surface area (Å²) in [6.45, 7) is 1.76. The summed E-state index contributed by atoms with van der Waals surface area (Å²) in [4.78, 5) is 29.8. The smallest absolute Gasteiger partial charge is 0.307 e. The van der Waals surface area contributed by atoms with Gasteiger partial charge in [-0.25, -0.2) is 0 Å². The molecule has 1 saturated carbocycles. The first-order valence-electron chi connectivity index (χ1n) is 9.03. The van der Waals surface area contributed by atoms with Gasteiger partial charge in [0.1, 0.15) is 5.00 Å². The van der Waals surface area contributed by atoms with Crippen LogP contribution >= 0.6 is 11.3 Å². The predicted octanol–water partition coefficient (Wildman–Crippen LogP) is 3.42. The van der Waals surface area contributed by atoms with Gasteiger partial charge in [-0.1, -0.05) is 11.6 Å². The van der Waals surface area contributed by atoms with Crippen molar-refractivity contribution in [1.82, 2.24) is 10.1 Å². The molecule has 0 saturated heterocycles. The number of carboxylic acids is 1. The van der Waals surface area contributed by atoms with Crippen molar-refractivity contribution < 1.29 is 19.2 Å². The molecule has 0 aromatic carbocycles. The average Bonchev–Trinajstić information content (AvgIpc) is 3.31. The highest BCUT2D eigenvalue weighted by molar-refractivity contribution is 7.17. The van der Waals surface area contributed by atoms with Crippen LogP contribution in [0.25, 0.3) is 11.5 Å². The molecule has 2 aromatic rings. The second kappa shape index (κ2) is 6.83. The molecule has 2 atom stereocenters. The van der Waals surface area contributed by atoms with E-state index in [-0.39, 0.29) is 5.91 Å². The Kier molecular flexibility index (Phi) is 4.52. The first-order chi connectivity index (χ1) is 12.5. The molecule has 8 heteroatoms. The fourth-order valence-electron chi connectivity index (χ4n) is 4.05. The van der Waals surface area contributed by atoms with Crippen molar-refractivity contribution in [1.29, 1.82) is 0 Å². The number of aliphatic carboxylic acids is 1. The number of aromatic nitrogens is 2. The van der Waals surface area contributed by atoms with Gasteiger partial charge in [-0.05, 0) is 51.0 Å². The lowest BCUT2D eigenvalue weighted by Crippen LogP contribution is -2.29. The van der Waals surface area contributed by atoms with Crippen molar-refractivity contribution in [2.24, 2.45) is 11.8 Å². The van der Waals surface area contributed by atoms with E-state index in [1.54, 1.807) is 18.3 Å². The van der Waals surface area contributed by atoms with Gasteiger partial charge < -0.3 is 14.9 Å². The fraction of sp³-hybridized carbons (Fsp3) is 0.556. The number of rotatable bonds is 4. The van der Waals surface area contributed by atoms with Gasteiger partial charge in [-0.2, -0.15) is 4.98 Å². The molecular weight excluding hydrogens is 354 g/mol. The van der Waals surface area contributed by atoms with E-state index in [1.807, 2.05) is 0 Å². The van der Waals surface area contributed by atoms with Crippen molar-refractivity contribution in [3.05, 3.63) is 16.3 Å². The number of amides is 1. The highest BCUT2D eigenvalue weighted by atomic mass is 32.1. The second-order valence-electron chi connectivity index (χ2n) is 7.03. The Morgan fingerprint density at radius 2 is 1.96 bits per heavy atom. The molecule has 7 nitrogen and oxygen atoms in total. The van der Waals surface area contributed by atoms with Gasteiger partial charge in [-0.15, -0.1) is 11.3 Å². The minimum absolute atomic E-state index is 0.217. The summed E-state index contributed by atoms with van der Waals surface area (Å²) in [7, 11) is 0. The van der Waals surface area contributed by atoms with Crippen molar-refractivity contribution in [2.75, 3.05) is 5.32 Å². The molecule has 1 fully saturated rings. The number of anilines is 1. The number of carbonyl (C=O) groups is 2. The summed E-state index contributed by atoms with van der Waals surface area (Å²) < 4.78 is 5.38. The lowest BCUT2D eigenvalue weighted by Gasteiger charge is -2.15. The quantitative estimate of drug-likeness (QED) is 0.848. The van der Waals surface area contributed by atoms with Crippen LogP contribution in [0.1, 0.15) is 48.4 Å². The third-order valence-corrected chi connectivity index (χ3v) is 6.53. The van der Waals surface area contributed by atoms with Crippen LogP contribution < -0.4 is 5.32 Å². The van der Waals surface area contributed by atoms with Crippen LogP contribution in [0.2, 0.25) is 0 Å². The van der Waals surface area contributed by atoms with Crippen molar-refractivity contribution in [2.45, 2.75) is 51.9 Å². The van der Waals surface area contributed by atoms with Gasteiger partial charge in [0.25, 0.3) is 5.89 Å². The van der Waals surface area contributed by atoms with Gasteiger partial charge >= 0.3 is 5.97 Å². The second-order valence-corrected chi connectivity index (χ2v) is 8.14. The zero-order valence-electron chi connectivity index (χ0n) is 14.6. The molecule has 1 amide bonds. The third-order valence-electron chi connectivity index (χ3n) is 5.32. The molecule has 0 spiro atoms. The number of carboxylic acid groups (broad SMARTS) is 1. The molecule has 2 aliphatic carbocycles. The lowest BCUT2D eigenvalue weighted by molar-refractivity contribution is -0.145. The number of fused-ring (bicyclic) bond motifs is 1. The number of aryl methyl sites for hydroxylation is 2. The molecule has 2 aromatic heterocycles. The van der Waals surface area contributed by atoms with E-state index in [0.29, 0.717) is 29.6 Å². The Balaban J connectivity index is 1.67. The first kappa shape index (κ1) is 17.2. The van der Waals surface area contributed by atoms with E-state index in [0.717, 1.165) is 37.7 Å². The molecular formula is C18H21N3O4S. The maximum absolute atomic E-state index is 12.8. The number of thiophene rings is 1. The number of nitrogens with zero attached hydrogens (tertiary/aromatic N) is 2. The van der Waals surface area contributed by atoms with Gasteiger partial charge in [0.05, 0.1) is 17.4 Å². The van der Waals surface area contributed by atoms with E-state index in [2.05, 4.69) is 15.5 Å². The lowest BCUT2D eigenvalue weighted by atomic mass is 9.94. The molecule has 2 heterocycles. The Morgan fingerprint density at radius 1 is 1.19 bits per heavy atom. The summed E-state index contributed by atoms with van der Waals surface area (Å²) in [6, 6.07) is 0. The highest BCUT2D eigenvalue weighted by Crippen LogP contribution is 2.44. The molecule has 0 unspecified atom stereocenters. The normalized spacial score (nSPS) is 22.2. The van der Waals surface area contributed by atoms with Crippen molar-refractivity contribution in [3.8, 4) is 11.5 Å². The highest BCUT2D eigenvalue weighted by Gasteiger charge is 2.38. The van der Waals surface area contributed by atoms with Crippen molar-refractivity contribution >= 4 is 28.2 Å². The molecule has 4 rings (SSSR count). The molecule has 2 aliphatic rings. The van der Waals surface area contributed by atoms with E-state index >= 15 is 0 Å². The Hall–Kier alpha value is -2.22. The predicted molar refractivity (Wildman–Crippen MR) is 96.1 cm³/mol. The zero-order chi connectivity index (χ0) is 18.3. The van der Waals surface area contributed by atoms with Crippen LogP contribution in [-0.2, 0) is 22.4 Å². The monoisotopic (exact) mass is 375 g/mol. The third kappa shape index (κ3) is 3.02. The van der Waals surface area contributed by atoms with Crippen LogP contribution in [-0.4, -0.2) is 27.1 Å². The number of carbonyl (C=O) groups excluding carboxylic acids is 1. The standard InChI is InChI=1S/C18H21N3O4S/c1-9-19-16(25-21-9)14-12-5-2-3-8-13(12)26-17(14)20-15(22)10-6-4-7-11(10)18(23)24/h10-11H,2-8H2,1H3,(H,20,22)(H,23,24)/t10-,11+/m0/s1. The Bertz CT molecular complexity index is 857. The minimum Gasteiger partial charge on any atom is -0.481 e. The van der Waals surface area contributed by atoms with Gasteiger partial charge in [0, 0.05) is 4.88 Å². The molecule has 0 aliphatic heterocycles. The number of hydrogen-bond donors (Lipinski definition) is 2. The van der Waals surface area contributed by atoms with Crippen LogP contribution in [0.4, 0.5) is 5.00 Å². The Morgan fingerprint density at radius 3 is 2.69 bits per heavy atom. The topological polar surface area (TPSA) is 105 Å². The zero-order valence-corrected chi connectivity index (χ0v) is 15.4. The van der Waals surface area contributed by atoms with E-state index in [1.165, 1.54) is 10.4 Å². The van der Waals surface area contributed by atoms with Crippen LogP contribution in [0.15, 0.2) is 4.52 Å². The number of hydrogen-bond acceptors (Lipinski definition) is 6. The maximum Gasteiger partial charge on any atom is 0.307 e. The largest absolute Gasteiger partial charge is 0.481 e. The van der Waals surface area contributed by atoms with E-state index in [9.17, 15) is 14.7 Å². The minimum atomic E-state index is -0.888. The molecule has 0 radical (unpaired) electrons. The van der Waals surface area contributed by atoms with Crippen molar-refractivity contribution in [3.63, 3.8) is 0 Å². The summed E-state index contributed by atoms with van der Waals surface area (Å²) in [5, 5.41) is 16.9. The summed E-state index contributed by atoms with van der Waals surface area (Å²) in [5.41, 5.74) is 2.00. The van der Waals surface area contributed by atoms with Gasteiger partial charge in [0.2, 0.25) is 5.91 Å². The maximum atomic E-state index is 12.8. The fourth-order valence-corrected chi connectivity index (χ4v) is 5.34. The first-order valence-corrected chi connectivity index (χ1v) is 9.85. The molecule has 2 N–H and O–H groups in total. The number of nitrogens with one attached hydrogen (secondary N) is 1. The average molecular weight is 375 g/mol. The molecule has 26 heavy (non-hydrogen) atoms. The summed E-state index contributed by atoms with van der Waals surface area (Å²) >= 11 is 1.56. The summed E-state index contributed by atoms with van der Waals surface area (Å²) in [6.07, 6.45) is 6.09. The van der Waals surface area contributed by atoms with Crippen LogP contribution in [0, 0.1) is 18.8 Å². The van der Waals surface area contributed by atoms with Crippen LogP contribution in [0.5, 0.6) is 0 Å². The van der Waals surface area contributed by atoms with Gasteiger partial charge in [0.15, 0.2) is 5.82 Å². The van der Waals surface area contributed by atoms with E-state index < -0.39 is 17.8 Å². The van der Waals surface area contributed by atoms with Gasteiger partial charge in [-0.3, -0.25) is 9.59 Å². The molecule has 0 bridgehead atoms. The SMILES string of the molecule is Cc1noc(-c2c(NC(=O)[C@H]3CCC[C@H]3C(=O)O)sc3c2CCCC3)n1. The summed E-state index contributed by atoms with van der Waals surface area (Å²) in [5.74, 6) is -1.21. The molecule has 138 valence electrons. The Labute approximate surface area is 154 Å². The van der Waals surface area contributed by atoms with Crippen LogP contribution in [0.3, 0.4) is 0 Å². The van der Waals surface area contributed by atoms with E-state index in [4.69, 9.17) is 4.52 Å².